The first kappa shape index (κ1) is 23.3. The standard InChI is InChI=1S/C24H27FN4O5/c1-32-20-8-3-16(13-21(20)33-2)15-26-22(30)19-14-24(34-28-19)9-11-29(12-10-24)23(31)27-18-6-4-17(25)5-7-18/h3-8,13H,9-12,14-15H2,1-2H3,(H,26,30)(H,27,31). The molecule has 34 heavy (non-hydrogen) atoms. The van der Waals surface area contributed by atoms with Crippen LogP contribution in [-0.4, -0.2) is 55.5 Å². The van der Waals surface area contributed by atoms with Crippen molar-refractivity contribution in [1.82, 2.24) is 10.2 Å². The van der Waals surface area contributed by atoms with Crippen LogP contribution in [0.15, 0.2) is 47.6 Å². The van der Waals surface area contributed by atoms with Gasteiger partial charge in [-0.15, -0.1) is 0 Å². The van der Waals surface area contributed by atoms with Crippen LogP contribution in [0.1, 0.15) is 24.8 Å². The molecule has 0 aromatic heterocycles. The van der Waals surface area contributed by atoms with Gasteiger partial charge in [0.05, 0.1) is 14.2 Å². The Morgan fingerprint density at radius 2 is 1.79 bits per heavy atom. The molecule has 10 heteroatoms. The molecular weight excluding hydrogens is 443 g/mol. The summed E-state index contributed by atoms with van der Waals surface area (Å²) in [5.41, 5.74) is 1.15. The number of ether oxygens (including phenoxy) is 2. The molecule has 2 aromatic carbocycles. The molecule has 0 radical (unpaired) electrons. The first-order valence-electron chi connectivity index (χ1n) is 11.0. The van der Waals surface area contributed by atoms with Crippen LogP contribution in [-0.2, 0) is 16.2 Å². The average Bonchev–Trinajstić information content (AvgIpc) is 3.27. The number of hydrogen-bond acceptors (Lipinski definition) is 6. The van der Waals surface area contributed by atoms with E-state index < -0.39 is 5.60 Å². The zero-order valence-corrected chi connectivity index (χ0v) is 19.1. The number of halogens is 1. The number of oxime groups is 1. The van der Waals surface area contributed by atoms with Gasteiger partial charge in [0.2, 0.25) is 0 Å². The van der Waals surface area contributed by atoms with E-state index in [0.717, 1.165) is 5.56 Å². The minimum atomic E-state index is -0.581. The monoisotopic (exact) mass is 470 g/mol. The third-order valence-electron chi connectivity index (χ3n) is 6.06. The number of carbonyl (C=O) groups is 2. The maximum Gasteiger partial charge on any atom is 0.321 e. The van der Waals surface area contributed by atoms with Gasteiger partial charge < -0.3 is 29.8 Å². The number of hydrogen-bond donors (Lipinski definition) is 2. The Bertz CT molecular complexity index is 1080. The molecule has 1 saturated heterocycles. The SMILES string of the molecule is COc1ccc(CNC(=O)C2=NOC3(CCN(C(=O)Nc4ccc(F)cc4)CC3)C2)cc1OC. The summed E-state index contributed by atoms with van der Waals surface area (Å²) in [6.45, 7) is 1.23. The highest BCUT2D eigenvalue weighted by Gasteiger charge is 2.44. The van der Waals surface area contributed by atoms with Crippen LogP contribution in [0.3, 0.4) is 0 Å². The van der Waals surface area contributed by atoms with Gasteiger partial charge in [-0.2, -0.15) is 0 Å². The Kier molecular flexibility index (Phi) is 6.85. The molecule has 4 rings (SSSR count). The minimum Gasteiger partial charge on any atom is -0.493 e. The van der Waals surface area contributed by atoms with Crippen molar-refractivity contribution in [3.05, 3.63) is 53.8 Å². The van der Waals surface area contributed by atoms with Crippen LogP contribution in [0.4, 0.5) is 14.9 Å². The molecule has 2 N–H and O–H groups in total. The fourth-order valence-electron chi connectivity index (χ4n) is 4.04. The second kappa shape index (κ2) is 9.98. The lowest BCUT2D eigenvalue weighted by molar-refractivity contribution is -0.115. The topological polar surface area (TPSA) is 101 Å². The van der Waals surface area contributed by atoms with Crippen molar-refractivity contribution in [3.63, 3.8) is 0 Å². The van der Waals surface area contributed by atoms with Crippen LogP contribution in [0.2, 0.25) is 0 Å². The van der Waals surface area contributed by atoms with E-state index in [-0.39, 0.29) is 17.8 Å². The zero-order chi connectivity index (χ0) is 24.1. The quantitative estimate of drug-likeness (QED) is 0.675. The van der Waals surface area contributed by atoms with Crippen molar-refractivity contribution >= 4 is 23.3 Å². The number of nitrogens with one attached hydrogen (secondary N) is 2. The first-order chi connectivity index (χ1) is 16.4. The Labute approximate surface area is 196 Å². The van der Waals surface area contributed by atoms with E-state index in [1.54, 1.807) is 31.3 Å². The summed E-state index contributed by atoms with van der Waals surface area (Å²) in [6, 6.07) is 10.8. The Morgan fingerprint density at radius 1 is 1.09 bits per heavy atom. The zero-order valence-electron chi connectivity index (χ0n) is 19.1. The summed E-state index contributed by atoms with van der Waals surface area (Å²) in [6.07, 6.45) is 1.50. The number of amides is 3. The molecule has 2 aliphatic rings. The maximum absolute atomic E-state index is 13.0. The normalized spacial score (nSPS) is 16.4. The summed E-state index contributed by atoms with van der Waals surface area (Å²) in [5.74, 6) is 0.554. The van der Waals surface area contributed by atoms with Crippen molar-refractivity contribution in [3.8, 4) is 11.5 Å². The Balaban J connectivity index is 1.25. The molecule has 180 valence electrons. The first-order valence-corrected chi connectivity index (χ1v) is 11.0. The van der Waals surface area contributed by atoms with E-state index >= 15 is 0 Å². The van der Waals surface area contributed by atoms with Gasteiger partial charge in [-0.05, 0) is 42.0 Å². The van der Waals surface area contributed by atoms with E-state index in [1.807, 2.05) is 6.07 Å². The van der Waals surface area contributed by atoms with Gasteiger partial charge in [0.25, 0.3) is 5.91 Å². The molecule has 3 amide bonds. The molecule has 0 atom stereocenters. The van der Waals surface area contributed by atoms with Crippen molar-refractivity contribution in [2.75, 3.05) is 32.6 Å². The number of methoxy groups -OCH3 is 2. The molecule has 2 aromatic rings. The number of carbonyl (C=O) groups excluding carboxylic acids is 2. The van der Waals surface area contributed by atoms with Gasteiger partial charge in [0, 0.05) is 44.6 Å². The lowest BCUT2D eigenvalue weighted by atomic mass is 9.87. The largest absolute Gasteiger partial charge is 0.493 e. The Morgan fingerprint density at radius 3 is 2.47 bits per heavy atom. The van der Waals surface area contributed by atoms with Crippen molar-refractivity contribution in [2.45, 2.75) is 31.4 Å². The average molecular weight is 471 g/mol. The lowest BCUT2D eigenvalue weighted by Crippen LogP contribution is -2.48. The Hall–Kier alpha value is -3.82. The summed E-state index contributed by atoms with van der Waals surface area (Å²) in [4.78, 5) is 32.5. The van der Waals surface area contributed by atoms with Gasteiger partial charge >= 0.3 is 6.03 Å². The van der Waals surface area contributed by atoms with Crippen molar-refractivity contribution < 1.29 is 28.3 Å². The van der Waals surface area contributed by atoms with E-state index in [4.69, 9.17) is 14.3 Å². The van der Waals surface area contributed by atoms with Crippen LogP contribution in [0.25, 0.3) is 0 Å². The number of urea groups is 1. The number of nitrogens with zero attached hydrogens (tertiary/aromatic N) is 2. The van der Waals surface area contributed by atoms with Crippen molar-refractivity contribution in [2.24, 2.45) is 5.16 Å². The molecule has 0 aliphatic carbocycles. The minimum absolute atomic E-state index is 0.256. The van der Waals surface area contributed by atoms with Gasteiger partial charge in [-0.25, -0.2) is 9.18 Å². The highest BCUT2D eigenvalue weighted by molar-refractivity contribution is 6.39. The third-order valence-corrected chi connectivity index (χ3v) is 6.06. The summed E-state index contributed by atoms with van der Waals surface area (Å²) < 4.78 is 23.6. The molecule has 9 nitrogen and oxygen atoms in total. The molecule has 2 heterocycles. The number of likely N-dealkylation sites (tertiary alicyclic amines) is 1. The second-order valence-corrected chi connectivity index (χ2v) is 8.29. The van der Waals surface area contributed by atoms with Crippen LogP contribution in [0, 0.1) is 5.82 Å². The van der Waals surface area contributed by atoms with E-state index in [1.165, 1.54) is 24.3 Å². The van der Waals surface area contributed by atoms with Gasteiger partial charge in [0.1, 0.15) is 17.1 Å². The number of piperidine rings is 1. The highest BCUT2D eigenvalue weighted by atomic mass is 19.1. The van der Waals surface area contributed by atoms with Gasteiger partial charge in [-0.3, -0.25) is 4.79 Å². The maximum atomic E-state index is 13.0. The predicted molar refractivity (Wildman–Crippen MR) is 123 cm³/mol. The third kappa shape index (κ3) is 5.22. The van der Waals surface area contributed by atoms with Crippen LogP contribution in [0.5, 0.6) is 11.5 Å². The molecule has 0 unspecified atom stereocenters. The highest BCUT2D eigenvalue weighted by Crippen LogP contribution is 2.35. The fourth-order valence-corrected chi connectivity index (χ4v) is 4.04. The molecule has 0 saturated carbocycles. The van der Waals surface area contributed by atoms with E-state index in [9.17, 15) is 14.0 Å². The number of rotatable bonds is 6. The predicted octanol–water partition coefficient (Wildman–Crippen LogP) is 3.30. The summed E-state index contributed by atoms with van der Waals surface area (Å²) >= 11 is 0. The van der Waals surface area contributed by atoms with E-state index in [0.29, 0.717) is 61.8 Å². The summed E-state index contributed by atoms with van der Waals surface area (Å²) in [5, 5.41) is 9.66. The molecule has 1 fully saturated rings. The molecular formula is C24H27FN4O5. The van der Waals surface area contributed by atoms with Gasteiger partial charge in [0.15, 0.2) is 11.5 Å². The molecule has 0 bridgehead atoms. The second-order valence-electron chi connectivity index (χ2n) is 8.29. The lowest BCUT2D eigenvalue weighted by Gasteiger charge is -2.37. The fraction of sp³-hybridized carbons (Fsp3) is 0.375. The van der Waals surface area contributed by atoms with Gasteiger partial charge in [-0.1, -0.05) is 11.2 Å². The molecule has 1 spiro atoms. The smallest absolute Gasteiger partial charge is 0.321 e. The van der Waals surface area contributed by atoms with E-state index in [2.05, 4.69) is 15.8 Å². The summed E-state index contributed by atoms with van der Waals surface area (Å²) in [7, 11) is 3.12. The molecule has 2 aliphatic heterocycles. The van der Waals surface area contributed by atoms with Crippen LogP contribution < -0.4 is 20.1 Å². The number of benzene rings is 2. The number of anilines is 1. The van der Waals surface area contributed by atoms with Crippen LogP contribution >= 0.6 is 0 Å². The van der Waals surface area contributed by atoms with Crippen molar-refractivity contribution in [1.29, 1.82) is 0 Å².